The van der Waals surface area contributed by atoms with Crippen molar-refractivity contribution in [2.75, 3.05) is 11.9 Å². The molecule has 1 heterocycles. The molecule has 0 radical (unpaired) electrons. The van der Waals surface area contributed by atoms with Crippen LogP contribution in [-0.4, -0.2) is 28.5 Å². The summed E-state index contributed by atoms with van der Waals surface area (Å²) in [4.78, 5) is 28.4. The fourth-order valence-corrected chi connectivity index (χ4v) is 0.915. The van der Waals surface area contributed by atoms with E-state index >= 15 is 0 Å². The van der Waals surface area contributed by atoms with Gasteiger partial charge >= 0.3 is 5.97 Å². The lowest BCUT2D eigenvalue weighted by atomic mass is 10.4. The van der Waals surface area contributed by atoms with Gasteiger partial charge in [-0.05, 0) is 6.92 Å². The Labute approximate surface area is 80.7 Å². The summed E-state index contributed by atoms with van der Waals surface area (Å²) in [6.45, 7) is 3.31. The Balaban J connectivity index is 2.81. The molecule has 6 nitrogen and oxygen atoms in total. The third-order valence-corrected chi connectivity index (χ3v) is 1.41. The van der Waals surface area contributed by atoms with Crippen molar-refractivity contribution < 1.29 is 14.3 Å². The lowest BCUT2D eigenvalue weighted by molar-refractivity contribution is -0.114. The van der Waals surface area contributed by atoms with E-state index in [1.807, 2.05) is 0 Å². The third-order valence-electron chi connectivity index (χ3n) is 1.41. The number of hydrogen-bond acceptors (Lipinski definition) is 4. The quantitative estimate of drug-likeness (QED) is 0.693. The minimum atomic E-state index is -0.534. The highest BCUT2D eigenvalue weighted by atomic mass is 16.5. The molecular formula is C8H11N3O3. The van der Waals surface area contributed by atoms with Gasteiger partial charge in [0.1, 0.15) is 0 Å². The van der Waals surface area contributed by atoms with Gasteiger partial charge in [0.25, 0.3) is 0 Å². The van der Waals surface area contributed by atoms with Crippen LogP contribution in [0.3, 0.4) is 0 Å². The van der Waals surface area contributed by atoms with Crippen LogP contribution >= 0.6 is 0 Å². The molecule has 1 amide bonds. The molecule has 0 unspecified atom stereocenters. The lowest BCUT2D eigenvalue weighted by Crippen LogP contribution is -2.12. The average molecular weight is 197 g/mol. The first-order valence-electron chi connectivity index (χ1n) is 4.13. The number of nitrogens with zero attached hydrogens (tertiary/aromatic N) is 1. The topological polar surface area (TPSA) is 84.1 Å². The van der Waals surface area contributed by atoms with Crippen LogP contribution in [0.25, 0.3) is 0 Å². The Morgan fingerprint density at radius 2 is 2.36 bits per heavy atom. The minimum Gasteiger partial charge on any atom is -0.461 e. The maximum atomic E-state index is 11.3. The Morgan fingerprint density at radius 1 is 1.64 bits per heavy atom. The number of H-pyrrole nitrogens is 1. The van der Waals surface area contributed by atoms with Gasteiger partial charge in [0.15, 0.2) is 11.5 Å². The summed E-state index contributed by atoms with van der Waals surface area (Å²) < 4.78 is 4.75. The second kappa shape index (κ2) is 4.40. The largest absolute Gasteiger partial charge is 0.461 e. The van der Waals surface area contributed by atoms with Crippen molar-refractivity contribution in [1.29, 1.82) is 0 Å². The third kappa shape index (κ3) is 2.32. The van der Waals surface area contributed by atoms with Gasteiger partial charge in [-0.2, -0.15) is 0 Å². The molecule has 1 aromatic heterocycles. The molecule has 6 heteroatoms. The summed E-state index contributed by atoms with van der Waals surface area (Å²) in [7, 11) is 0. The fourth-order valence-electron chi connectivity index (χ4n) is 0.915. The van der Waals surface area contributed by atoms with E-state index in [1.54, 1.807) is 6.92 Å². The highest BCUT2D eigenvalue weighted by Crippen LogP contribution is 2.10. The molecule has 0 atom stereocenters. The second-order valence-corrected chi connectivity index (χ2v) is 2.53. The number of esters is 1. The zero-order valence-electron chi connectivity index (χ0n) is 7.96. The van der Waals surface area contributed by atoms with Crippen molar-refractivity contribution >= 4 is 17.7 Å². The fraction of sp³-hybridized carbons (Fsp3) is 0.375. The summed E-state index contributed by atoms with van der Waals surface area (Å²) in [5.74, 6) is -0.632. The normalized spacial score (nSPS) is 9.57. The predicted octanol–water partition coefficient (Wildman–Crippen LogP) is 0.545. The molecule has 0 aliphatic rings. The number of carbonyl (C=O) groups is 2. The maximum Gasteiger partial charge on any atom is 0.358 e. The van der Waals surface area contributed by atoms with E-state index in [1.165, 1.54) is 13.3 Å². The van der Waals surface area contributed by atoms with Gasteiger partial charge in [-0.3, -0.25) is 4.79 Å². The highest BCUT2D eigenvalue weighted by Gasteiger charge is 2.15. The molecule has 0 aliphatic carbocycles. The summed E-state index contributed by atoms with van der Waals surface area (Å²) in [5.41, 5.74) is 0.155. The molecule has 76 valence electrons. The van der Waals surface area contributed by atoms with Crippen molar-refractivity contribution in [3.05, 3.63) is 12.0 Å². The summed E-state index contributed by atoms with van der Waals surface area (Å²) >= 11 is 0. The number of anilines is 1. The van der Waals surface area contributed by atoms with Gasteiger partial charge < -0.3 is 15.0 Å². The van der Waals surface area contributed by atoms with Gasteiger partial charge in [-0.25, -0.2) is 9.78 Å². The van der Waals surface area contributed by atoms with Crippen LogP contribution in [-0.2, 0) is 9.53 Å². The van der Waals surface area contributed by atoms with Crippen LogP contribution in [0.15, 0.2) is 6.33 Å². The Hall–Kier alpha value is -1.85. The molecule has 0 saturated carbocycles. The summed E-state index contributed by atoms with van der Waals surface area (Å²) in [6.07, 6.45) is 1.32. The Morgan fingerprint density at radius 3 is 2.93 bits per heavy atom. The van der Waals surface area contributed by atoms with Gasteiger partial charge in [0.2, 0.25) is 5.91 Å². The number of hydrogen-bond donors (Lipinski definition) is 2. The van der Waals surface area contributed by atoms with Crippen molar-refractivity contribution in [2.45, 2.75) is 13.8 Å². The highest BCUT2D eigenvalue weighted by molar-refractivity contribution is 5.97. The number of aromatic amines is 1. The van der Waals surface area contributed by atoms with Crippen LogP contribution in [0.1, 0.15) is 24.3 Å². The first kappa shape index (κ1) is 10.2. The first-order chi connectivity index (χ1) is 6.65. The molecule has 0 bridgehead atoms. The number of aromatic nitrogens is 2. The van der Waals surface area contributed by atoms with Crippen LogP contribution < -0.4 is 5.32 Å². The van der Waals surface area contributed by atoms with Crippen molar-refractivity contribution in [2.24, 2.45) is 0 Å². The van der Waals surface area contributed by atoms with Crippen LogP contribution in [0.5, 0.6) is 0 Å². The van der Waals surface area contributed by atoms with Gasteiger partial charge in [-0.1, -0.05) is 0 Å². The van der Waals surface area contributed by atoms with Crippen molar-refractivity contribution in [3.63, 3.8) is 0 Å². The lowest BCUT2D eigenvalue weighted by Gasteiger charge is -2.01. The van der Waals surface area contributed by atoms with Gasteiger partial charge in [0, 0.05) is 6.92 Å². The van der Waals surface area contributed by atoms with E-state index in [0.29, 0.717) is 0 Å². The SMILES string of the molecule is CCOC(=O)c1[nH]cnc1NC(C)=O. The average Bonchev–Trinajstić information content (AvgIpc) is 2.51. The molecule has 1 rings (SSSR count). The molecular weight excluding hydrogens is 186 g/mol. The molecule has 0 aromatic carbocycles. The smallest absolute Gasteiger partial charge is 0.358 e. The van der Waals surface area contributed by atoms with Gasteiger partial charge in [-0.15, -0.1) is 0 Å². The zero-order valence-corrected chi connectivity index (χ0v) is 7.96. The van der Waals surface area contributed by atoms with Crippen LogP contribution in [0.4, 0.5) is 5.82 Å². The number of amides is 1. The standard InChI is InChI=1S/C8H11N3O3/c1-3-14-8(13)6-7(10-4-9-6)11-5(2)12/h4H,3H2,1-2H3,(H,9,10)(H,11,12). The summed E-state index contributed by atoms with van der Waals surface area (Å²) in [5, 5.41) is 2.41. The van der Waals surface area contributed by atoms with E-state index in [0.717, 1.165) is 0 Å². The molecule has 0 aliphatic heterocycles. The Kier molecular flexibility index (Phi) is 3.22. The zero-order chi connectivity index (χ0) is 10.6. The van der Waals surface area contributed by atoms with E-state index < -0.39 is 5.97 Å². The van der Waals surface area contributed by atoms with E-state index in [4.69, 9.17) is 4.74 Å². The number of nitrogens with one attached hydrogen (secondary N) is 2. The number of imidazole rings is 1. The summed E-state index contributed by atoms with van der Waals surface area (Å²) in [6, 6.07) is 0. The Bertz CT molecular complexity index is 345. The molecule has 0 spiro atoms. The number of carbonyl (C=O) groups excluding carboxylic acids is 2. The molecule has 0 fully saturated rings. The van der Waals surface area contributed by atoms with Gasteiger partial charge in [0.05, 0.1) is 12.9 Å². The first-order valence-corrected chi connectivity index (χ1v) is 4.13. The molecule has 2 N–H and O–H groups in total. The van der Waals surface area contributed by atoms with Crippen molar-refractivity contribution in [1.82, 2.24) is 9.97 Å². The van der Waals surface area contributed by atoms with Crippen LogP contribution in [0.2, 0.25) is 0 Å². The van der Waals surface area contributed by atoms with Crippen LogP contribution in [0, 0.1) is 0 Å². The van der Waals surface area contributed by atoms with E-state index in [-0.39, 0.29) is 24.0 Å². The molecule has 0 saturated heterocycles. The number of rotatable bonds is 3. The second-order valence-electron chi connectivity index (χ2n) is 2.53. The van der Waals surface area contributed by atoms with Crippen molar-refractivity contribution in [3.8, 4) is 0 Å². The number of ether oxygens (including phenoxy) is 1. The minimum absolute atomic E-state index is 0.155. The van der Waals surface area contributed by atoms with E-state index in [9.17, 15) is 9.59 Å². The predicted molar refractivity (Wildman–Crippen MR) is 48.8 cm³/mol. The molecule has 1 aromatic rings. The molecule has 14 heavy (non-hydrogen) atoms. The monoisotopic (exact) mass is 197 g/mol. The van der Waals surface area contributed by atoms with E-state index in [2.05, 4.69) is 15.3 Å². The maximum absolute atomic E-state index is 11.3.